The number of hydrogen-bond donors (Lipinski definition) is 1. The Balaban J connectivity index is 3.01. The van der Waals surface area contributed by atoms with Crippen LogP contribution in [0, 0.1) is 5.92 Å². The second-order valence-corrected chi connectivity index (χ2v) is 4.92. The summed E-state index contributed by atoms with van der Waals surface area (Å²) < 4.78 is 11.0. The monoisotopic (exact) mass is 301 g/mol. The molecule has 0 fully saturated rings. The zero-order valence-corrected chi connectivity index (χ0v) is 11.7. The topological polar surface area (TPSA) is 61.5 Å². The quantitative estimate of drug-likeness (QED) is 0.686. The zero-order valence-electron chi connectivity index (χ0n) is 10.1. The van der Waals surface area contributed by atoms with E-state index in [1.807, 2.05) is 13.8 Å². The van der Waals surface area contributed by atoms with Crippen LogP contribution < -0.4 is 10.5 Å². The third-order valence-electron chi connectivity index (χ3n) is 2.08. The van der Waals surface area contributed by atoms with Gasteiger partial charge in [0, 0.05) is 5.69 Å². The van der Waals surface area contributed by atoms with Crippen LogP contribution in [-0.4, -0.2) is 19.7 Å². The Kier molecular flexibility index (Phi) is 4.81. The average molecular weight is 302 g/mol. The molecule has 4 nitrogen and oxygen atoms in total. The van der Waals surface area contributed by atoms with Gasteiger partial charge in [-0.1, -0.05) is 13.8 Å². The van der Waals surface area contributed by atoms with E-state index in [2.05, 4.69) is 20.7 Å². The summed E-state index contributed by atoms with van der Waals surface area (Å²) in [6.07, 6.45) is 0. The molecule has 94 valence electrons. The van der Waals surface area contributed by atoms with Gasteiger partial charge in [-0.3, -0.25) is 0 Å². The lowest BCUT2D eigenvalue weighted by Gasteiger charge is -2.12. The highest BCUT2D eigenvalue weighted by atomic mass is 79.9. The Hall–Kier alpha value is -1.23. The highest BCUT2D eigenvalue weighted by Crippen LogP contribution is 2.30. The van der Waals surface area contributed by atoms with Crippen LogP contribution in [-0.2, 0) is 4.74 Å². The van der Waals surface area contributed by atoms with Crippen LogP contribution in [0.4, 0.5) is 5.69 Å². The number of nitrogen functional groups attached to an aromatic ring is 1. The smallest absolute Gasteiger partial charge is 0.340 e. The standard InChI is InChI=1S/C12H16BrNO3/c1-7(2)6-17-11-4-8(12(15)16-3)10(14)5-9(11)13/h4-5,7H,6,14H2,1-3H3. The maximum atomic E-state index is 11.5. The minimum absolute atomic E-state index is 0.314. The zero-order chi connectivity index (χ0) is 13.0. The molecule has 0 spiro atoms. The van der Waals surface area contributed by atoms with Crippen LogP contribution in [0.2, 0.25) is 0 Å². The van der Waals surface area contributed by atoms with E-state index < -0.39 is 5.97 Å². The fraction of sp³-hybridized carbons (Fsp3) is 0.417. The molecule has 0 saturated heterocycles. The summed E-state index contributed by atoms with van der Waals surface area (Å²) >= 11 is 3.35. The molecule has 0 aliphatic rings. The van der Waals surface area contributed by atoms with Gasteiger partial charge in [-0.25, -0.2) is 4.79 Å². The van der Waals surface area contributed by atoms with E-state index in [0.29, 0.717) is 29.5 Å². The number of carbonyl (C=O) groups excluding carboxylic acids is 1. The Morgan fingerprint density at radius 3 is 2.65 bits per heavy atom. The van der Waals surface area contributed by atoms with Crippen molar-refractivity contribution in [2.45, 2.75) is 13.8 Å². The Morgan fingerprint density at radius 2 is 2.12 bits per heavy atom. The van der Waals surface area contributed by atoms with E-state index in [4.69, 9.17) is 10.5 Å². The van der Waals surface area contributed by atoms with Crippen LogP contribution in [0.15, 0.2) is 16.6 Å². The first kappa shape index (κ1) is 13.8. The lowest BCUT2D eigenvalue weighted by Crippen LogP contribution is -2.09. The lowest BCUT2D eigenvalue weighted by atomic mass is 10.1. The van der Waals surface area contributed by atoms with Gasteiger partial charge in [-0.2, -0.15) is 0 Å². The summed E-state index contributed by atoms with van der Waals surface area (Å²) in [7, 11) is 1.32. The van der Waals surface area contributed by atoms with Gasteiger partial charge in [0.25, 0.3) is 0 Å². The first-order valence-corrected chi connectivity index (χ1v) is 6.05. The van der Waals surface area contributed by atoms with Crippen LogP contribution in [0.1, 0.15) is 24.2 Å². The Labute approximate surface area is 109 Å². The number of anilines is 1. The number of ether oxygens (including phenoxy) is 2. The summed E-state index contributed by atoms with van der Waals surface area (Å²) in [5.74, 6) is 0.527. The third-order valence-corrected chi connectivity index (χ3v) is 2.70. The van der Waals surface area contributed by atoms with Gasteiger partial charge in [0.1, 0.15) is 5.75 Å². The van der Waals surface area contributed by atoms with Crippen molar-refractivity contribution in [1.29, 1.82) is 0 Å². The van der Waals surface area contributed by atoms with Crippen molar-refractivity contribution in [1.82, 2.24) is 0 Å². The van der Waals surface area contributed by atoms with E-state index in [9.17, 15) is 4.79 Å². The fourth-order valence-electron chi connectivity index (χ4n) is 1.22. The van der Waals surface area contributed by atoms with Crippen LogP contribution in [0.25, 0.3) is 0 Å². The van der Waals surface area contributed by atoms with Gasteiger partial charge in [0.2, 0.25) is 0 Å². The molecule has 0 aliphatic heterocycles. The molecule has 0 saturated carbocycles. The van der Waals surface area contributed by atoms with E-state index >= 15 is 0 Å². The van der Waals surface area contributed by atoms with Crippen molar-refractivity contribution in [3.63, 3.8) is 0 Å². The number of benzene rings is 1. The van der Waals surface area contributed by atoms with Gasteiger partial charge < -0.3 is 15.2 Å². The van der Waals surface area contributed by atoms with Gasteiger partial charge in [0.05, 0.1) is 23.8 Å². The molecule has 1 aromatic carbocycles. The molecular weight excluding hydrogens is 286 g/mol. The first-order valence-electron chi connectivity index (χ1n) is 5.25. The summed E-state index contributed by atoms with van der Waals surface area (Å²) in [4.78, 5) is 11.5. The van der Waals surface area contributed by atoms with Crippen molar-refractivity contribution < 1.29 is 14.3 Å². The number of hydrogen-bond acceptors (Lipinski definition) is 4. The number of esters is 1. The first-order chi connectivity index (χ1) is 7.95. The molecular formula is C12H16BrNO3. The fourth-order valence-corrected chi connectivity index (χ4v) is 1.70. The van der Waals surface area contributed by atoms with Crippen LogP contribution >= 0.6 is 15.9 Å². The maximum absolute atomic E-state index is 11.5. The number of halogens is 1. The van der Waals surface area contributed by atoms with Gasteiger partial charge in [-0.15, -0.1) is 0 Å². The van der Waals surface area contributed by atoms with Crippen molar-refractivity contribution in [2.75, 3.05) is 19.5 Å². The summed E-state index contributed by atoms with van der Waals surface area (Å²) in [5, 5.41) is 0. The van der Waals surface area contributed by atoms with Crippen LogP contribution in [0.3, 0.4) is 0 Å². The highest BCUT2D eigenvalue weighted by molar-refractivity contribution is 9.10. The molecule has 2 N–H and O–H groups in total. The molecule has 0 unspecified atom stereocenters. The van der Waals surface area contributed by atoms with Crippen LogP contribution in [0.5, 0.6) is 5.75 Å². The maximum Gasteiger partial charge on any atom is 0.340 e. The molecule has 0 amide bonds. The number of methoxy groups -OCH3 is 1. The minimum atomic E-state index is -0.468. The number of rotatable bonds is 4. The number of carbonyl (C=O) groups is 1. The summed E-state index contributed by atoms with van der Waals surface area (Å²) in [6, 6.07) is 3.23. The SMILES string of the molecule is COC(=O)c1cc(OCC(C)C)c(Br)cc1N. The molecule has 17 heavy (non-hydrogen) atoms. The third kappa shape index (κ3) is 3.63. The van der Waals surface area contributed by atoms with E-state index in [-0.39, 0.29) is 0 Å². The van der Waals surface area contributed by atoms with E-state index in [1.165, 1.54) is 7.11 Å². The lowest BCUT2D eigenvalue weighted by molar-refractivity contribution is 0.0601. The van der Waals surface area contributed by atoms with E-state index in [1.54, 1.807) is 12.1 Å². The predicted octanol–water partition coefficient (Wildman–Crippen LogP) is 2.85. The second-order valence-electron chi connectivity index (χ2n) is 4.07. The summed E-state index contributed by atoms with van der Waals surface area (Å²) in [5.41, 5.74) is 6.41. The molecule has 0 heterocycles. The molecule has 0 atom stereocenters. The molecule has 5 heteroatoms. The van der Waals surface area contributed by atoms with Gasteiger partial charge in [0.15, 0.2) is 0 Å². The van der Waals surface area contributed by atoms with Gasteiger partial charge in [-0.05, 0) is 34.0 Å². The second kappa shape index (κ2) is 5.91. The number of nitrogens with two attached hydrogens (primary N) is 1. The van der Waals surface area contributed by atoms with Crippen molar-refractivity contribution >= 4 is 27.6 Å². The molecule has 0 aromatic heterocycles. The highest BCUT2D eigenvalue weighted by Gasteiger charge is 2.14. The molecule has 0 aliphatic carbocycles. The van der Waals surface area contributed by atoms with Crippen molar-refractivity contribution in [3.05, 3.63) is 22.2 Å². The molecule has 1 rings (SSSR count). The minimum Gasteiger partial charge on any atom is -0.492 e. The van der Waals surface area contributed by atoms with Gasteiger partial charge >= 0.3 is 5.97 Å². The Bertz CT molecular complexity index is 418. The molecule has 0 radical (unpaired) electrons. The predicted molar refractivity (Wildman–Crippen MR) is 70.2 cm³/mol. The Morgan fingerprint density at radius 1 is 1.47 bits per heavy atom. The van der Waals surface area contributed by atoms with E-state index in [0.717, 1.165) is 4.47 Å². The normalized spacial score (nSPS) is 10.4. The van der Waals surface area contributed by atoms with Crippen molar-refractivity contribution in [2.24, 2.45) is 5.92 Å². The average Bonchev–Trinajstić information content (AvgIpc) is 2.26. The van der Waals surface area contributed by atoms with Crippen molar-refractivity contribution in [3.8, 4) is 5.75 Å². The largest absolute Gasteiger partial charge is 0.492 e. The molecule has 0 bridgehead atoms. The molecule has 1 aromatic rings. The summed E-state index contributed by atoms with van der Waals surface area (Å²) in [6.45, 7) is 4.67.